The van der Waals surface area contributed by atoms with Gasteiger partial charge in [-0.25, -0.2) is 9.18 Å². The summed E-state index contributed by atoms with van der Waals surface area (Å²) in [6, 6.07) is 9.46. The number of aromatic amines is 1. The number of nitrogens with zero attached hydrogens (tertiary/aromatic N) is 3. The zero-order chi connectivity index (χ0) is 24.2. The summed E-state index contributed by atoms with van der Waals surface area (Å²) in [5.41, 5.74) is -0.547. The fourth-order valence-corrected chi connectivity index (χ4v) is 4.43. The van der Waals surface area contributed by atoms with Crippen LogP contribution in [0.3, 0.4) is 0 Å². The zero-order valence-corrected chi connectivity index (χ0v) is 18.5. The number of H-pyrrole nitrogens is 1. The van der Waals surface area contributed by atoms with Crippen molar-refractivity contribution in [1.82, 2.24) is 14.5 Å². The molecule has 0 radical (unpaired) electrons. The molecule has 2 aromatic carbocycles. The SMILES string of the molecule is O=C(c1ccc(F)cc1)C1CCN(CCCCn2c(=O)[nH]c3cc([N+](=O)[O-])ccc3c2=O)CC1. The molecule has 0 atom stereocenters. The summed E-state index contributed by atoms with van der Waals surface area (Å²) in [5.74, 6) is -0.365. The molecule has 178 valence electrons. The van der Waals surface area contributed by atoms with Crippen LogP contribution in [0.5, 0.6) is 0 Å². The average molecular weight is 468 g/mol. The molecule has 34 heavy (non-hydrogen) atoms. The first-order chi connectivity index (χ1) is 16.3. The predicted molar refractivity (Wildman–Crippen MR) is 125 cm³/mol. The Morgan fingerprint density at radius 3 is 2.41 bits per heavy atom. The molecular formula is C24H25FN4O5. The molecule has 1 saturated heterocycles. The monoisotopic (exact) mass is 468 g/mol. The molecule has 10 heteroatoms. The zero-order valence-electron chi connectivity index (χ0n) is 18.5. The maximum absolute atomic E-state index is 13.1. The molecule has 4 rings (SSSR count). The molecule has 0 amide bonds. The molecular weight excluding hydrogens is 443 g/mol. The van der Waals surface area contributed by atoms with E-state index in [1.807, 2.05) is 0 Å². The van der Waals surface area contributed by atoms with Crippen molar-refractivity contribution >= 4 is 22.4 Å². The molecule has 1 N–H and O–H groups in total. The van der Waals surface area contributed by atoms with Crippen molar-refractivity contribution in [2.24, 2.45) is 5.92 Å². The molecule has 0 saturated carbocycles. The Bertz CT molecular complexity index is 1320. The summed E-state index contributed by atoms with van der Waals surface area (Å²) in [7, 11) is 0. The molecule has 0 unspecified atom stereocenters. The van der Waals surface area contributed by atoms with E-state index in [2.05, 4.69) is 9.88 Å². The molecule has 0 aliphatic carbocycles. The van der Waals surface area contributed by atoms with Gasteiger partial charge in [0.2, 0.25) is 0 Å². The minimum atomic E-state index is -0.585. The van der Waals surface area contributed by atoms with Crippen molar-refractivity contribution in [3.05, 3.63) is 84.8 Å². The minimum absolute atomic E-state index is 0.0555. The van der Waals surface area contributed by atoms with Gasteiger partial charge in [0, 0.05) is 30.2 Å². The number of nitrogens with one attached hydrogen (secondary N) is 1. The summed E-state index contributed by atoms with van der Waals surface area (Å²) >= 11 is 0. The van der Waals surface area contributed by atoms with Crippen molar-refractivity contribution in [1.29, 1.82) is 0 Å². The van der Waals surface area contributed by atoms with E-state index in [0.29, 0.717) is 12.0 Å². The Morgan fingerprint density at radius 2 is 1.74 bits per heavy atom. The van der Waals surface area contributed by atoms with E-state index in [1.165, 1.54) is 42.5 Å². The average Bonchev–Trinajstić information content (AvgIpc) is 2.83. The number of carbonyl (C=O) groups is 1. The first-order valence-corrected chi connectivity index (χ1v) is 11.3. The number of piperidine rings is 1. The van der Waals surface area contributed by atoms with E-state index >= 15 is 0 Å². The van der Waals surface area contributed by atoms with Gasteiger partial charge in [0.05, 0.1) is 15.8 Å². The highest BCUT2D eigenvalue weighted by Crippen LogP contribution is 2.22. The Kier molecular flexibility index (Phi) is 6.97. The number of non-ortho nitro benzene ring substituents is 1. The van der Waals surface area contributed by atoms with Crippen LogP contribution in [0.2, 0.25) is 0 Å². The van der Waals surface area contributed by atoms with Gasteiger partial charge in [-0.2, -0.15) is 0 Å². The van der Waals surface area contributed by atoms with E-state index in [1.54, 1.807) is 0 Å². The van der Waals surface area contributed by atoms with Crippen LogP contribution in [0.4, 0.5) is 10.1 Å². The lowest BCUT2D eigenvalue weighted by Crippen LogP contribution is -2.37. The first-order valence-electron chi connectivity index (χ1n) is 11.3. The summed E-state index contributed by atoms with van der Waals surface area (Å²) < 4.78 is 14.2. The van der Waals surface area contributed by atoms with Crippen LogP contribution in [0.15, 0.2) is 52.1 Å². The van der Waals surface area contributed by atoms with Crippen LogP contribution in [0.1, 0.15) is 36.0 Å². The number of nitro benzene ring substituents is 1. The van der Waals surface area contributed by atoms with Crippen molar-refractivity contribution < 1.29 is 14.1 Å². The largest absolute Gasteiger partial charge is 0.328 e. The third-order valence-corrected chi connectivity index (χ3v) is 6.37. The molecule has 0 spiro atoms. The van der Waals surface area contributed by atoms with E-state index in [9.17, 15) is 28.9 Å². The third-order valence-electron chi connectivity index (χ3n) is 6.37. The van der Waals surface area contributed by atoms with Crippen molar-refractivity contribution in [2.75, 3.05) is 19.6 Å². The van der Waals surface area contributed by atoms with Gasteiger partial charge < -0.3 is 9.88 Å². The first kappa shape index (κ1) is 23.5. The van der Waals surface area contributed by atoms with Crippen LogP contribution in [-0.4, -0.2) is 44.8 Å². The standard InChI is InChI=1S/C24H25FN4O5/c25-18-5-3-16(4-6-18)22(30)17-9-13-27(14-10-17)11-1-2-12-28-23(31)20-8-7-19(29(33)34)15-21(20)26-24(28)32/h3-8,15,17H,1-2,9-14H2,(H,26,32). The van der Waals surface area contributed by atoms with Crippen LogP contribution in [0, 0.1) is 21.8 Å². The number of nitro groups is 1. The predicted octanol–water partition coefficient (Wildman–Crippen LogP) is 3.11. The van der Waals surface area contributed by atoms with Crippen molar-refractivity contribution in [3.8, 4) is 0 Å². The quantitative estimate of drug-likeness (QED) is 0.235. The fraction of sp³-hybridized carbons (Fsp3) is 0.375. The van der Waals surface area contributed by atoms with Gasteiger partial charge in [-0.3, -0.25) is 24.3 Å². The minimum Gasteiger partial charge on any atom is -0.306 e. The molecule has 1 aliphatic heterocycles. The maximum atomic E-state index is 13.1. The van der Waals surface area contributed by atoms with E-state index < -0.39 is 16.2 Å². The second-order valence-electron chi connectivity index (χ2n) is 8.57. The number of aromatic nitrogens is 2. The summed E-state index contributed by atoms with van der Waals surface area (Å²) in [5, 5.41) is 11.1. The topological polar surface area (TPSA) is 118 Å². The number of Topliss-reactive ketones (excluding diaryl/α,β-unsaturated/α-hetero) is 1. The Balaban J connectivity index is 1.28. The van der Waals surface area contributed by atoms with Gasteiger partial charge in [0.15, 0.2) is 5.78 Å². The Morgan fingerprint density at radius 1 is 1.06 bits per heavy atom. The third kappa shape index (κ3) is 5.12. The van der Waals surface area contributed by atoms with Gasteiger partial charge in [-0.05, 0) is 75.6 Å². The number of hydrogen-bond acceptors (Lipinski definition) is 6. The second kappa shape index (κ2) is 10.1. The number of carbonyl (C=O) groups excluding carboxylic acids is 1. The smallest absolute Gasteiger partial charge is 0.306 e. The number of benzene rings is 2. The van der Waals surface area contributed by atoms with Crippen LogP contribution in [-0.2, 0) is 6.54 Å². The normalized spacial score (nSPS) is 15.0. The van der Waals surface area contributed by atoms with E-state index in [-0.39, 0.29) is 40.7 Å². The fourth-order valence-electron chi connectivity index (χ4n) is 4.43. The lowest BCUT2D eigenvalue weighted by atomic mass is 9.89. The number of ketones is 1. The van der Waals surface area contributed by atoms with E-state index in [4.69, 9.17) is 0 Å². The molecule has 9 nitrogen and oxygen atoms in total. The Hall–Kier alpha value is -3.66. The molecule has 1 fully saturated rings. The molecule has 0 bridgehead atoms. The number of fused-ring (bicyclic) bond motifs is 1. The molecule has 1 aromatic heterocycles. The highest BCUT2D eigenvalue weighted by molar-refractivity contribution is 5.97. The summed E-state index contributed by atoms with van der Waals surface area (Å²) in [6.45, 7) is 2.62. The van der Waals surface area contributed by atoms with Crippen molar-refractivity contribution in [3.63, 3.8) is 0 Å². The number of hydrogen-bond donors (Lipinski definition) is 1. The van der Waals surface area contributed by atoms with Gasteiger partial charge in [-0.15, -0.1) is 0 Å². The second-order valence-corrected chi connectivity index (χ2v) is 8.57. The number of rotatable bonds is 8. The lowest BCUT2D eigenvalue weighted by molar-refractivity contribution is -0.384. The molecule has 3 aromatic rings. The lowest BCUT2D eigenvalue weighted by Gasteiger charge is -2.31. The number of unbranched alkanes of at least 4 members (excludes halogenated alkanes) is 1. The Labute approximate surface area is 194 Å². The number of halogens is 1. The van der Waals surface area contributed by atoms with Gasteiger partial charge in [-0.1, -0.05) is 0 Å². The summed E-state index contributed by atoms with van der Waals surface area (Å²) in [4.78, 5) is 52.8. The van der Waals surface area contributed by atoms with Gasteiger partial charge in [0.25, 0.3) is 11.2 Å². The maximum Gasteiger partial charge on any atom is 0.328 e. The highest BCUT2D eigenvalue weighted by Gasteiger charge is 2.25. The van der Waals surface area contributed by atoms with Crippen LogP contribution >= 0.6 is 0 Å². The van der Waals surface area contributed by atoms with Crippen LogP contribution < -0.4 is 11.2 Å². The van der Waals surface area contributed by atoms with Gasteiger partial charge in [0.1, 0.15) is 5.82 Å². The van der Waals surface area contributed by atoms with Crippen molar-refractivity contribution in [2.45, 2.75) is 32.2 Å². The summed E-state index contributed by atoms with van der Waals surface area (Å²) in [6.07, 6.45) is 2.88. The molecule has 2 heterocycles. The van der Waals surface area contributed by atoms with Gasteiger partial charge >= 0.3 is 5.69 Å². The number of likely N-dealkylation sites (tertiary alicyclic amines) is 1. The van der Waals surface area contributed by atoms with Crippen LogP contribution in [0.25, 0.3) is 10.9 Å². The molecule has 1 aliphatic rings. The highest BCUT2D eigenvalue weighted by atomic mass is 19.1. The van der Waals surface area contributed by atoms with E-state index in [0.717, 1.165) is 43.5 Å².